The fourth-order valence-corrected chi connectivity index (χ4v) is 2.84. The largest absolute Gasteiger partial charge is 0.491 e. The SMILES string of the molecule is CC(=O)c1ccc(OC[C@H](O)CSc2nnc(-c3ccc(F)cc3)o2)cc1. The molecule has 27 heavy (non-hydrogen) atoms. The van der Waals surface area contributed by atoms with Gasteiger partial charge >= 0.3 is 0 Å². The van der Waals surface area contributed by atoms with E-state index in [1.807, 2.05) is 0 Å². The molecule has 1 heterocycles. The van der Waals surface area contributed by atoms with Gasteiger partial charge in [-0.1, -0.05) is 11.8 Å². The number of rotatable bonds is 8. The maximum absolute atomic E-state index is 12.9. The molecule has 0 unspecified atom stereocenters. The monoisotopic (exact) mass is 388 g/mol. The second kappa shape index (κ2) is 8.79. The molecule has 0 spiro atoms. The first kappa shape index (κ1) is 19.1. The summed E-state index contributed by atoms with van der Waals surface area (Å²) in [6.07, 6.45) is -0.747. The zero-order valence-corrected chi connectivity index (χ0v) is 15.3. The van der Waals surface area contributed by atoms with Gasteiger partial charge in [0.15, 0.2) is 5.78 Å². The first-order chi connectivity index (χ1) is 13.0. The van der Waals surface area contributed by atoms with Crippen molar-refractivity contribution in [3.05, 3.63) is 59.9 Å². The van der Waals surface area contributed by atoms with Gasteiger partial charge in [0, 0.05) is 16.9 Å². The molecule has 0 saturated carbocycles. The quantitative estimate of drug-likeness (QED) is 0.466. The lowest BCUT2D eigenvalue weighted by Crippen LogP contribution is -2.20. The molecule has 1 N–H and O–H groups in total. The molecule has 0 fully saturated rings. The summed E-state index contributed by atoms with van der Waals surface area (Å²) in [5.41, 5.74) is 1.22. The van der Waals surface area contributed by atoms with E-state index in [2.05, 4.69) is 10.2 Å². The minimum atomic E-state index is -0.747. The van der Waals surface area contributed by atoms with E-state index in [0.717, 1.165) is 0 Å². The molecule has 1 atom stereocenters. The summed E-state index contributed by atoms with van der Waals surface area (Å²) >= 11 is 1.20. The molecule has 2 aromatic carbocycles. The summed E-state index contributed by atoms with van der Waals surface area (Å²) in [4.78, 5) is 11.2. The summed E-state index contributed by atoms with van der Waals surface area (Å²) in [6, 6.07) is 12.5. The van der Waals surface area contributed by atoms with Crippen molar-refractivity contribution in [2.24, 2.45) is 0 Å². The standard InChI is InChI=1S/C19H17FN2O4S/c1-12(23)13-4-8-17(9-5-13)25-10-16(24)11-27-19-22-21-18(26-19)14-2-6-15(20)7-3-14/h2-9,16,24H,10-11H2,1H3/t16-/m0/s1. The Hall–Kier alpha value is -2.71. The predicted molar refractivity (Wildman–Crippen MR) is 98.4 cm³/mol. The van der Waals surface area contributed by atoms with Crippen LogP contribution < -0.4 is 4.74 Å². The number of aromatic nitrogens is 2. The van der Waals surface area contributed by atoms with Gasteiger partial charge in [-0.2, -0.15) is 0 Å². The number of ether oxygens (including phenoxy) is 1. The van der Waals surface area contributed by atoms with Crippen LogP contribution in [0.5, 0.6) is 5.75 Å². The summed E-state index contributed by atoms with van der Waals surface area (Å²) in [6.45, 7) is 1.58. The Morgan fingerprint density at radius 3 is 2.56 bits per heavy atom. The molecule has 140 valence electrons. The molecule has 0 radical (unpaired) electrons. The van der Waals surface area contributed by atoms with E-state index in [-0.39, 0.29) is 24.1 Å². The number of hydrogen-bond acceptors (Lipinski definition) is 7. The van der Waals surface area contributed by atoms with E-state index < -0.39 is 6.10 Å². The van der Waals surface area contributed by atoms with Crippen LogP contribution in [-0.2, 0) is 0 Å². The third kappa shape index (κ3) is 5.38. The Bertz CT molecular complexity index is 897. The van der Waals surface area contributed by atoms with Crippen LogP contribution in [0.3, 0.4) is 0 Å². The van der Waals surface area contributed by atoms with Crippen molar-refractivity contribution in [2.45, 2.75) is 18.3 Å². The van der Waals surface area contributed by atoms with E-state index in [1.54, 1.807) is 36.4 Å². The van der Waals surface area contributed by atoms with Gasteiger partial charge in [0.25, 0.3) is 5.22 Å². The molecule has 0 amide bonds. The van der Waals surface area contributed by atoms with Crippen molar-refractivity contribution in [3.63, 3.8) is 0 Å². The van der Waals surface area contributed by atoms with Gasteiger partial charge in [-0.3, -0.25) is 4.79 Å². The van der Waals surface area contributed by atoms with E-state index in [9.17, 15) is 14.3 Å². The zero-order valence-electron chi connectivity index (χ0n) is 14.5. The first-order valence-electron chi connectivity index (χ1n) is 8.15. The highest BCUT2D eigenvalue weighted by molar-refractivity contribution is 7.99. The maximum atomic E-state index is 12.9. The average Bonchev–Trinajstić information content (AvgIpc) is 3.14. The molecule has 3 aromatic rings. The smallest absolute Gasteiger partial charge is 0.276 e. The Labute approximate surface area is 159 Å². The Morgan fingerprint density at radius 1 is 1.19 bits per heavy atom. The van der Waals surface area contributed by atoms with Crippen molar-refractivity contribution in [1.29, 1.82) is 0 Å². The predicted octanol–water partition coefficient (Wildman–Crippen LogP) is 3.61. The van der Waals surface area contributed by atoms with Gasteiger partial charge in [-0.25, -0.2) is 4.39 Å². The molecular formula is C19H17FN2O4S. The average molecular weight is 388 g/mol. The Kier molecular flexibility index (Phi) is 6.20. The highest BCUT2D eigenvalue weighted by atomic mass is 32.2. The number of hydrogen-bond donors (Lipinski definition) is 1. The molecule has 3 rings (SSSR count). The normalized spacial score (nSPS) is 12.0. The van der Waals surface area contributed by atoms with Crippen molar-refractivity contribution in [1.82, 2.24) is 10.2 Å². The number of benzene rings is 2. The first-order valence-corrected chi connectivity index (χ1v) is 9.14. The second-order valence-corrected chi connectivity index (χ2v) is 6.71. The zero-order chi connectivity index (χ0) is 19.2. The summed E-state index contributed by atoms with van der Waals surface area (Å²) < 4.78 is 23.9. The summed E-state index contributed by atoms with van der Waals surface area (Å²) in [5, 5.41) is 18.2. The molecule has 6 nitrogen and oxygen atoms in total. The van der Waals surface area contributed by atoms with Crippen molar-refractivity contribution < 1.29 is 23.4 Å². The lowest BCUT2D eigenvalue weighted by Gasteiger charge is -2.11. The van der Waals surface area contributed by atoms with Crippen LogP contribution in [0.25, 0.3) is 11.5 Å². The van der Waals surface area contributed by atoms with Crippen LogP contribution in [0.15, 0.2) is 58.2 Å². The molecular weight excluding hydrogens is 371 g/mol. The molecule has 0 aliphatic rings. The lowest BCUT2D eigenvalue weighted by molar-refractivity contribution is 0.101. The van der Waals surface area contributed by atoms with Crippen molar-refractivity contribution in [2.75, 3.05) is 12.4 Å². The number of aliphatic hydroxyl groups is 1. The number of carbonyl (C=O) groups is 1. The highest BCUT2D eigenvalue weighted by Gasteiger charge is 2.12. The highest BCUT2D eigenvalue weighted by Crippen LogP contribution is 2.24. The third-order valence-corrected chi connectivity index (χ3v) is 4.56. The van der Waals surface area contributed by atoms with Crippen molar-refractivity contribution in [3.8, 4) is 17.2 Å². The van der Waals surface area contributed by atoms with Crippen LogP contribution in [0.1, 0.15) is 17.3 Å². The second-order valence-electron chi connectivity index (χ2n) is 5.74. The molecule has 0 aliphatic heterocycles. The van der Waals surface area contributed by atoms with Crippen LogP contribution in [0.4, 0.5) is 4.39 Å². The van der Waals surface area contributed by atoms with Crippen molar-refractivity contribution >= 4 is 17.5 Å². The van der Waals surface area contributed by atoms with Crippen LogP contribution in [0.2, 0.25) is 0 Å². The number of halogens is 1. The number of thioether (sulfide) groups is 1. The van der Waals surface area contributed by atoms with Gasteiger partial charge in [0.1, 0.15) is 18.2 Å². The fraction of sp³-hybridized carbons (Fsp3) is 0.211. The number of Topliss-reactive ketones (excluding diaryl/α,β-unsaturated/α-hetero) is 1. The van der Waals surface area contributed by atoms with Crippen LogP contribution in [-0.4, -0.2) is 39.6 Å². The number of nitrogens with zero attached hydrogens (tertiary/aromatic N) is 2. The lowest BCUT2D eigenvalue weighted by atomic mass is 10.1. The van der Waals surface area contributed by atoms with E-state index in [4.69, 9.17) is 9.15 Å². The summed E-state index contributed by atoms with van der Waals surface area (Å²) in [5.74, 6) is 0.801. The molecule has 0 bridgehead atoms. The van der Waals surface area contributed by atoms with Crippen LogP contribution >= 0.6 is 11.8 Å². The van der Waals surface area contributed by atoms with Gasteiger partial charge in [-0.05, 0) is 55.5 Å². The molecule has 0 saturated heterocycles. The Morgan fingerprint density at radius 2 is 1.89 bits per heavy atom. The molecule has 0 aliphatic carbocycles. The van der Waals surface area contributed by atoms with Gasteiger partial charge in [0.05, 0.1) is 6.10 Å². The third-order valence-electron chi connectivity index (χ3n) is 3.60. The molecule has 8 heteroatoms. The minimum Gasteiger partial charge on any atom is -0.491 e. The topological polar surface area (TPSA) is 85.5 Å². The molecule has 1 aromatic heterocycles. The van der Waals surface area contributed by atoms with Gasteiger partial charge in [0.2, 0.25) is 5.89 Å². The van der Waals surface area contributed by atoms with E-state index >= 15 is 0 Å². The maximum Gasteiger partial charge on any atom is 0.276 e. The Balaban J connectivity index is 1.47. The fourth-order valence-electron chi connectivity index (χ4n) is 2.17. The van der Waals surface area contributed by atoms with Gasteiger partial charge < -0.3 is 14.3 Å². The number of aliphatic hydroxyl groups excluding tert-OH is 1. The number of ketones is 1. The summed E-state index contributed by atoms with van der Waals surface area (Å²) in [7, 11) is 0. The number of carbonyl (C=O) groups excluding carboxylic acids is 1. The minimum absolute atomic E-state index is 0.0162. The van der Waals surface area contributed by atoms with Crippen LogP contribution in [0, 0.1) is 5.82 Å². The van der Waals surface area contributed by atoms with Gasteiger partial charge in [-0.15, -0.1) is 10.2 Å². The van der Waals surface area contributed by atoms with E-state index in [0.29, 0.717) is 27.9 Å². The van der Waals surface area contributed by atoms with E-state index in [1.165, 1.54) is 30.8 Å².